The molecule has 18 heavy (non-hydrogen) atoms. The Morgan fingerprint density at radius 1 is 1.44 bits per heavy atom. The average Bonchev–Trinajstić information content (AvgIpc) is 2.36. The van der Waals surface area contributed by atoms with Crippen molar-refractivity contribution in [2.75, 3.05) is 6.61 Å². The van der Waals surface area contributed by atoms with E-state index in [9.17, 15) is 9.59 Å². The molecule has 0 heterocycles. The van der Waals surface area contributed by atoms with Crippen molar-refractivity contribution in [3.05, 3.63) is 35.9 Å². The average molecular weight is 251 g/mol. The molecule has 0 saturated carbocycles. The molecule has 1 atom stereocenters. The first-order valence-corrected chi connectivity index (χ1v) is 5.65. The van der Waals surface area contributed by atoms with Crippen molar-refractivity contribution in [3.63, 3.8) is 0 Å². The molecule has 1 unspecified atom stereocenters. The SMILES string of the molecule is CC(CCOCc1ccccc1)(NC=O)C(=O)O. The first kappa shape index (κ1) is 14.2. The summed E-state index contributed by atoms with van der Waals surface area (Å²) in [5.41, 5.74) is -0.254. The smallest absolute Gasteiger partial charge is 0.329 e. The van der Waals surface area contributed by atoms with Crippen molar-refractivity contribution in [2.24, 2.45) is 0 Å². The van der Waals surface area contributed by atoms with E-state index in [1.165, 1.54) is 6.92 Å². The van der Waals surface area contributed by atoms with E-state index >= 15 is 0 Å². The van der Waals surface area contributed by atoms with Crippen molar-refractivity contribution in [1.82, 2.24) is 5.32 Å². The Kier molecular flexibility index (Phi) is 5.32. The summed E-state index contributed by atoms with van der Waals surface area (Å²) in [6, 6.07) is 9.60. The summed E-state index contributed by atoms with van der Waals surface area (Å²) >= 11 is 0. The van der Waals surface area contributed by atoms with Gasteiger partial charge in [-0.2, -0.15) is 0 Å². The zero-order valence-electron chi connectivity index (χ0n) is 10.3. The number of hydrogen-bond donors (Lipinski definition) is 2. The number of rotatable bonds is 8. The van der Waals surface area contributed by atoms with Gasteiger partial charge in [0.15, 0.2) is 0 Å². The van der Waals surface area contributed by atoms with E-state index in [0.29, 0.717) is 13.0 Å². The van der Waals surface area contributed by atoms with Gasteiger partial charge in [-0.25, -0.2) is 4.79 Å². The minimum Gasteiger partial charge on any atom is -0.480 e. The highest BCUT2D eigenvalue weighted by Gasteiger charge is 2.31. The molecular formula is C13H17NO4. The van der Waals surface area contributed by atoms with Crippen molar-refractivity contribution >= 4 is 12.4 Å². The first-order valence-electron chi connectivity index (χ1n) is 5.65. The molecule has 0 aliphatic heterocycles. The van der Waals surface area contributed by atoms with Crippen LogP contribution in [-0.4, -0.2) is 29.6 Å². The van der Waals surface area contributed by atoms with Gasteiger partial charge in [-0.3, -0.25) is 4.79 Å². The van der Waals surface area contributed by atoms with E-state index in [-0.39, 0.29) is 13.0 Å². The Morgan fingerprint density at radius 3 is 2.67 bits per heavy atom. The highest BCUT2D eigenvalue weighted by atomic mass is 16.5. The van der Waals surface area contributed by atoms with E-state index < -0.39 is 11.5 Å². The molecule has 0 spiro atoms. The fourth-order valence-corrected chi connectivity index (χ4v) is 1.41. The van der Waals surface area contributed by atoms with Gasteiger partial charge in [-0.15, -0.1) is 0 Å². The summed E-state index contributed by atoms with van der Waals surface area (Å²) in [6.45, 7) is 2.14. The number of carboxylic acids is 1. The normalized spacial score (nSPS) is 13.6. The molecule has 1 amide bonds. The number of benzene rings is 1. The van der Waals surface area contributed by atoms with Crippen LogP contribution in [0.1, 0.15) is 18.9 Å². The van der Waals surface area contributed by atoms with Crippen molar-refractivity contribution < 1.29 is 19.4 Å². The van der Waals surface area contributed by atoms with E-state index in [0.717, 1.165) is 5.56 Å². The lowest BCUT2D eigenvalue weighted by Crippen LogP contribution is -2.49. The minimum absolute atomic E-state index is 0.216. The third-order valence-corrected chi connectivity index (χ3v) is 2.71. The van der Waals surface area contributed by atoms with Crippen LogP contribution >= 0.6 is 0 Å². The number of nitrogens with one attached hydrogen (secondary N) is 1. The van der Waals surface area contributed by atoms with Gasteiger partial charge in [0.2, 0.25) is 6.41 Å². The molecule has 1 rings (SSSR count). The quantitative estimate of drug-likeness (QED) is 0.537. The van der Waals surface area contributed by atoms with Crippen molar-refractivity contribution in [3.8, 4) is 0 Å². The zero-order valence-corrected chi connectivity index (χ0v) is 10.3. The van der Waals surface area contributed by atoms with E-state index in [4.69, 9.17) is 9.84 Å². The van der Waals surface area contributed by atoms with Crippen LogP contribution < -0.4 is 5.32 Å². The van der Waals surface area contributed by atoms with Gasteiger partial charge in [-0.05, 0) is 12.5 Å². The Balaban J connectivity index is 2.36. The number of carbonyl (C=O) groups is 2. The molecule has 0 saturated heterocycles. The Morgan fingerprint density at radius 2 is 2.11 bits per heavy atom. The second-order valence-corrected chi connectivity index (χ2v) is 4.19. The summed E-state index contributed by atoms with van der Waals surface area (Å²) in [6.07, 6.45) is 0.610. The van der Waals surface area contributed by atoms with E-state index in [1.807, 2.05) is 30.3 Å². The minimum atomic E-state index is -1.28. The lowest BCUT2D eigenvalue weighted by molar-refractivity contribution is -0.146. The monoisotopic (exact) mass is 251 g/mol. The van der Waals surface area contributed by atoms with Crippen LogP contribution in [0.25, 0.3) is 0 Å². The fourth-order valence-electron chi connectivity index (χ4n) is 1.41. The first-order chi connectivity index (χ1) is 8.58. The summed E-state index contributed by atoms with van der Waals surface area (Å²) in [7, 11) is 0. The van der Waals surface area contributed by atoms with E-state index in [2.05, 4.69) is 5.32 Å². The summed E-state index contributed by atoms with van der Waals surface area (Å²) in [5, 5.41) is 11.3. The molecule has 0 bridgehead atoms. The molecule has 2 N–H and O–H groups in total. The third-order valence-electron chi connectivity index (χ3n) is 2.71. The predicted molar refractivity (Wildman–Crippen MR) is 66.0 cm³/mol. The second kappa shape index (κ2) is 6.76. The number of aliphatic carboxylic acids is 1. The highest BCUT2D eigenvalue weighted by molar-refractivity contribution is 5.80. The summed E-state index contributed by atoms with van der Waals surface area (Å²) < 4.78 is 5.39. The zero-order chi connectivity index (χ0) is 13.4. The molecule has 5 heteroatoms. The van der Waals surface area contributed by atoms with Gasteiger partial charge < -0.3 is 15.2 Å². The molecule has 0 fully saturated rings. The van der Waals surface area contributed by atoms with Crippen LogP contribution in [0.3, 0.4) is 0 Å². The number of ether oxygens (including phenoxy) is 1. The predicted octanol–water partition coefficient (Wildman–Crippen LogP) is 1.18. The molecule has 0 aliphatic carbocycles. The maximum atomic E-state index is 11.0. The summed E-state index contributed by atoms with van der Waals surface area (Å²) in [4.78, 5) is 21.4. The molecule has 98 valence electrons. The van der Waals surface area contributed by atoms with Crippen LogP contribution in [0.2, 0.25) is 0 Å². The van der Waals surface area contributed by atoms with Crippen LogP contribution in [0.4, 0.5) is 0 Å². The Hall–Kier alpha value is -1.88. The van der Waals surface area contributed by atoms with Crippen LogP contribution in [0.5, 0.6) is 0 Å². The maximum Gasteiger partial charge on any atom is 0.329 e. The van der Waals surface area contributed by atoms with Gasteiger partial charge in [0.05, 0.1) is 6.61 Å². The number of carbonyl (C=O) groups excluding carboxylic acids is 1. The molecule has 1 aromatic rings. The lowest BCUT2D eigenvalue weighted by atomic mass is 9.99. The molecule has 1 aromatic carbocycles. The third kappa shape index (κ3) is 4.18. The summed E-state index contributed by atoms with van der Waals surface area (Å²) in [5.74, 6) is -1.07. The topological polar surface area (TPSA) is 75.6 Å². The Bertz CT molecular complexity index is 393. The maximum absolute atomic E-state index is 11.0. The highest BCUT2D eigenvalue weighted by Crippen LogP contribution is 2.10. The van der Waals surface area contributed by atoms with Gasteiger partial charge in [0.1, 0.15) is 5.54 Å². The molecule has 0 radical (unpaired) electrons. The van der Waals surface area contributed by atoms with Gasteiger partial charge in [0.25, 0.3) is 0 Å². The van der Waals surface area contributed by atoms with Crippen molar-refractivity contribution in [2.45, 2.75) is 25.5 Å². The number of hydrogen-bond acceptors (Lipinski definition) is 3. The molecule has 0 aliphatic rings. The van der Waals surface area contributed by atoms with Crippen LogP contribution in [0.15, 0.2) is 30.3 Å². The second-order valence-electron chi connectivity index (χ2n) is 4.19. The standard InChI is InChI=1S/C13H17NO4/c1-13(12(16)17,14-10-15)7-8-18-9-11-5-3-2-4-6-11/h2-6,10H,7-9H2,1H3,(H,14,15)(H,16,17). The number of carboxylic acid groups (broad SMARTS) is 1. The van der Waals surface area contributed by atoms with Crippen LogP contribution in [0, 0.1) is 0 Å². The van der Waals surface area contributed by atoms with Crippen LogP contribution in [-0.2, 0) is 20.9 Å². The molecule has 0 aromatic heterocycles. The van der Waals surface area contributed by atoms with Gasteiger partial charge in [0, 0.05) is 13.0 Å². The lowest BCUT2D eigenvalue weighted by Gasteiger charge is -2.23. The largest absolute Gasteiger partial charge is 0.480 e. The molecular weight excluding hydrogens is 234 g/mol. The Labute approximate surface area is 106 Å². The fraction of sp³-hybridized carbons (Fsp3) is 0.385. The van der Waals surface area contributed by atoms with Crippen molar-refractivity contribution in [1.29, 1.82) is 0 Å². The van der Waals surface area contributed by atoms with Gasteiger partial charge >= 0.3 is 5.97 Å². The van der Waals surface area contributed by atoms with Gasteiger partial charge in [-0.1, -0.05) is 30.3 Å². The van der Waals surface area contributed by atoms with E-state index in [1.54, 1.807) is 0 Å². The molecule has 5 nitrogen and oxygen atoms in total. The number of amides is 1.